The van der Waals surface area contributed by atoms with E-state index in [1.807, 2.05) is 0 Å². The van der Waals surface area contributed by atoms with Crippen LogP contribution in [0.15, 0.2) is 4.99 Å². The fourth-order valence-corrected chi connectivity index (χ4v) is 2.79. The zero-order valence-corrected chi connectivity index (χ0v) is 8.76. The van der Waals surface area contributed by atoms with Crippen LogP contribution in [0, 0.1) is 0 Å². The highest BCUT2D eigenvalue weighted by atomic mass is 15.4. The summed E-state index contributed by atoms with van der Waals surface area (Å²) in [4.78, 5) is 4.74. The second-order valence-electron chi connectivity index (χ2n) is 4.37. The average Bonchev–Trinajstić information content (AvgIpc) is 2.40. The molecule has 0 aromatic carbocycles. The lowest BCUT2D eigenvalue weighted by Gasteiger charge is -2.39. The third kappa shape index (κ3) is 1.64. The molecule has 1 unspecified atom stereocenters. The molecule has 1 fully saturated rings. The van der Waals surface area contributed by atoms with Gasteiger partial charge in [0.25, 0.3) is 0 Å². The molecular weight excluding hydrogens is 160 g/mol. The van der Waals surface area contributed by atoms with Gasteiger partial charge >= 0.3 is 0 Å². The largest absolute Gasteiger partial charge is 0.279 e. The summed E-state index contributed by atoms with van der Waals surface area (Å²) in [7, 11) is 0. The number of hydrogen-bond donors (Lipinski definition) is 0. The highest BCUT2D eigenvalue weighted by molar-refractivity contribution is 5.76. The van der Waals surface area contributed by atoms with Gasteiger partial charge in [-0.3, -0.25) is 4.48 Å². The molecule has 2 rings (SSSR count). The summed E-state index contributed by atoms with van der Waals surface area (Å²) in [5.74, 6) is 1.52. The van der Waals surface area contributed by atoms with Crippen LogP contribution in [-0.2, 0) is 0 Å². The number of rotatable bonds is 1. The zero-order valence-electron chi connectivity index (χ0n) is 8.76. The summed E-state index contributed by atoms with van der Waals surface area (Å²) >= 11 is 0. The number of amidine groups is 1. The Hall–Kier alpha value is -0.370. The van der Waals surface area contributed by atoms with Gasteiger partial charge in [0.2, 0.25) is 0 Å². The Labute approximate surface area is 81.2 Å². The molecule has 0 aliphatic carbocycles. The van der Waals surface area contributed by atoms with Gasteiger partial charge in [-0.1, -0.05) is 0 Å². The van der Waals surface area contributed by atoms with E-state index in [0.29, 0.717) is 0 Å². The molecule has 0 spiro atoms. The van der Waals surface area contributed by atoms with E-state index in [1.165, 1.54) is 62.1 Å². The molecule has 2 aliphatic rings. The lowest BCUT2D eigenvalue weighted by Crippen LogP contribution is -2.55. The Morgan fingerprint density at radius 3 is 2.85 bits per heavy atom. The lowest BCUT2D eigenvalue weighted by atomic mass is 10.2. The molecule has 0 radical (unpaired) electrons. The third-order valence-electron chi connectivity index (χ3n) is 3.68. The van der Waals surface area contributed by atoms with E-state index in [1.54, 1.807) is 0 Å². The van der Waals surface area contributed by atoms with E-state index >= 15 is 0 Å². The van der Waals surface area contributed by atoms with Crippen LogP contribution in [-0.4, -0.2) is 36.5 Å². The standard InChI is InChI=1S/C11H21N2/c1-2-13-9-5-3-4-7-11(13)12-8-6-10-13/h2-10H2,1H3/q+1. The van der Waals surface area contributed by atoms with Crippen molar-refractivity contribution >= 4 is 5.84 Å². The maximum atomic E-state index is 4.74. The van der Waals surface area contributed by atoms with Gasteiger partial charge in [-0.25, -0.2) is 4.99 Å². The van der Waals surface area contributed by atoms with E-state index in [2.05, 4.69) is 6.92 Å². The van der Waals surface area contributed by atoms with Gasteiger partial charge in [0.05, 0.1) is 19.6 Å². The van der Waals surface area contributed by atoms with Crippen molar-refractivity contribution in [2.24, 2.45) is 4.99 Å². The Balaban J connectivity index is 2.23. The second-order valence-corrected chi connectivity index (χ2v) is 4.37. The molecule has 0 aromatic heterocycles. The summed E-state index contributed by atoms with van der Waals surface area (Å²) in [5.41, 5.74) is 0. The topological polar surface area (TPSA) is 12.4 Å². The number of fused-ring (bicyclic) bond motifs is 1. The van der Waals surface area contributed by atoms with E-state index in [4.69, 9.17) is 4.99 Å². The van der Waals surface area contributed by atoms with Crippen molar-refractivity contribution in [3.8, 4) is 0 Å². The monoisotopic (exact) mass is 181 g/mol. The highest BCUT2D eigenvalue weighted by Gasteiger charge is 2.35. The van der Waals surface area contributed by atoms with Gasteiger partial charge in [0, 0.05) is 19.4 Å². The quantitative estimate of drug-likeness (QED) is 0.550. The van der Waals surface area contributed by atoms with Crippen molar-refractivity contribution < 1.29 is 4.48 Å². The summed E-state index contributed by atoms with van der Waals surface area (Å²) in [6, 6.07) is 0. The van der Waals surface area contributed by atoms with Crippen LogP contribution in [0.2, 0.25) is 0 Å². The van der Waals surface area contributed by atoms with Crippen LogP contribution in [0.3, 0.4) is 0 Å². The first kappa shape index (κ1) is 9.20. The predicted octanol–water partition coefficient (Wildman–Crippen LogP) is 2.20. The van der Waals surface area contributed by atoms with Crippen molar-refractivity contribution in [3.63, 3.8) is 0 Å². The lowest BCUT2D eigenvalue weighted by molar-refractivity contribution is -0.843. The van der Waals surface area contributed by atoms with Crippen LogP contribution in [0.5, 0.6) is 0 Å². The van der Waals surface area contributed by atoms with Gasteiger partial charge in [0.15, 0.2) is 5.84 Å². The molecule has 2 aliphatic heterocycles. The van der Waals surface area contributed by atoms with Gasteiger partial charge in [-0.2, -0.15) is 0 Å². The molecule has 1 saturated heterocycles. The van der Waals surface area contributed by atoms with Gasteiger partial charge in [-0.05, 0) is 26.2 Å². The molecule has 0 saturated carbocycles. The van der Waals surface area contributed by atoms with Crippen molar-refractivity contribution in [1.29, 1.82) is 0 Å². The SMILES string of the molecule is CC[N+]12CCCCCC1=NCCC2. The summed E-state index contributed by atoms with van der Waals surface area (Å²) in [5, 5.41) is 0. The molecule has 2 nitrogen and oxygen atoms in total. The summed E-state index contributed by atoms with van der Waals surface area (Å²) in [6.45, 7) is 7.39. The number of nitrogens with zero attached hydrogens (tertiary/aromatic N) is 2. The van der Waals surface area contributed by atoms with Gasteiger partial charge < -0.3 is 0 Å². The van der Waals surface area contributed by atoms with Crippen molar-refractivity contribution in [2.75, 3.05) is 26.2 Å². The van der Waals surface area contributed by atoms with Crippen molar-refractivity contribution in [3.05, 3.63) is 0 Å². The van der Waals surface area contributed by atoms with Crippen LogP contribution < -0.4 is 0 Å². The van der Waals surface area contributed by atoms with Crippen LogP contribution in [0.25, 0.3) is 0 Å². The Morgan fingerprint density at radius 2 is 2.00 bits per heavy atom. The molecule has 0 bridgehead atoms. The summed E-state index contributed by atoms with van der Waals surface area (Å²) in [6.07, 6.45) is 6.77. The van der Waals surface area contributed by atoms with E-state index in [0.717, 1.165) is 6.54 Å². The molecule has 0 amide bonds. The number of quaternary nitrogens is 1. The molecule has 2 heterocycles. The third-order valence-corrected chi connectivity index (χ3v) is 3.68. The van der Waals surface area contributed by atoms with Crippen LogP contribution in [0.4, 0.5) is 0 Å². The van der Waals surface area contributed by atoms with Crippen molar-refractivity contribution in [2.45, 2.75) is 39.0 Å². The highest BCUT2D eigenvalue weighted by Crippen LogP contribution is 2.24. The zero-order chi connectivity index (χ0) is 9.15. The maximum Gasteiger partial charge on any atom is 0.198 e. The van der Waals surface area contributed by atoms with E-state index in [9.17, 15) is 0 Å². The molecule has 0 N–H and O–H groups in total. The minimum Gasteiger partial charge on any atom is -0.279 e. The van der Waals surface area contributed by atoms with Gasteiger partial charge in [0.1, 0.15) is 0 Å². The minimum absolute atomic E-state index is 1.09. The van der Waals surface area contributed by atoms with Crippen LogP contribution >= 0.6 is 0 Å². The molecule has 2 heteroatoms. The van der Waals surface area contributed by atoms with Gasteiger partial charge in [-0.15, -0.1) is 0 Å². The Kier molecular flexibility index (Phi) is 2.68. The second kappa shape index (κ2) is 3.79. The smallest absolute Gasteiger partial charge is 0.198 e. The Morgan fingerprint density at radius 1 is 1.15 bits per heavy atom. The number of hydrogen-bond acceptors (Lipinski definition) is 1. The predicted molar refractivity (Wildman–Crippen MR) is 55.9 cm³/mol. The maximum absolute atomic E-state index is 4.74. The van der Waals surface area contributed by atoms with E-state index in [-0.39, 0.29) is 0 Å². The summed E-state index contributed by atoms with van der Waals surface area (Å²) < 4.78 is 1.24. The van der Waals surface area contributed by atoms with E-state index < -0.39 is 0 Å². The molecule has 1 atom stereocenters. The molecule has 0 aromatic rings. The van der Waals surface area contributed by atoms with Crippen LogP contribution in [0.1, 0.15) is 39.0 Å². The average molecular weight is 181 g/mol. The fraction of sp³-hybridized carbons (Fsp3) is 0.909. The van der Waals surface area contributed by atoms with Crippen molar-refractivity contribution in [1.82, 2.24) is 0 Å². The first-order chi connectivity index (χ1) is 6.37. The molecule has 74 valence electrons. The number of aliphatic imine (C=N–C) groups is 1. The first-order valence-electron chi connectivity index (χ1n) is 5.77. The minimum atomic E-state index is 1.09. The first-order valence-corrected chi connectivity index (χ1v) is 5.77. The molecular formula is C11H21N2+. The Bertz CT molecular complexity index is 210. The molecule has 13 heavy (non-hydrogen) atoms. The fourth-order valence-electron chi connectivity index (χ4n) is 2.79. The normalized spacial score (nSPS) is 34.7.